The lowest BCUT2D eigenvalue weighted by atomic mass is 9.88. The van der Waals surface area contributed by atoms with Gasteiger partial charge in [0.2, 0.25) is 11.8 Å². The molecule has 1 atom stereocenters. The third-order valence-electron chi connectivity index (χ3n) is 7.92. The molecule has 0 bridgehead atoms. The van der Waals surface area contributed by atoms with Gasteiger partial charge in [-0.2, -0.15) is 0 Å². The maximum atomic E-state index is 12.8. The average molecular weight is 622 g/mol. The maximum Gasteiger partial charge on any atom is 0.230 e. The van der Waals surface area contributed by atoms with Crippen molar-refractivity contribution in [3.8, 4) is 0 Å². The lowest BCUT2D eigenvalue weighted by Gasteiger charge is -2.40. The first-order valence-corrected chi connectivity index (χ1v) is 16.9. The topological polar surface area (TPSA) is 78.4 Å². The molecule has 9 heteroatoms. The molecule has 2 amide bonds. The molecule has 0 aliphatic carbocycles. The average Bonchev–Trinajstić information content (AvgIpc) is 3.02. The second-order valence-electron chi connectivity index (χ2n) is 11.2. The number of amides is 2. The van der Waals surface area contributed by atoms with Crippen molar-refractivity contribution in [2.24, 2.45) is 0 Å². The van der Waals surface area contributed by atoms with E-state index in [9.17, 15) is 9.59 Å². The molecule has 1 aliphatic heterocycles. The molecular formula is C34H44ClN5O2S. The SMILES string of the molecule is CCCCCCCC(=O)N1CCN(c2cc(Cl)nc(SCC(=O)NCCC(c3ccccc3)c3ccccc3)n2)C[C@H]1C. The van der Waals surface area contributed by atoms with Gasteiger partial charge in [0.25, 0.3) is 0 Å². The Bertz CT molecular complexity index is 1260. The number of hydrogen-bond acceptors (Lipinski definition) is 6. The molecule has 0 radical (unpaired) electrons. The maximum absolute atomic E-state index is 12.8. The number of thioether (sulfide) groups is 1. The van der Waals surface area contributed by atoms with Crippen LogP contribution in [0.5, 0.6) is 0 Å². The van der Waals surface area contributed by atoms with Crippen LogP contribution in [0, 0.1) is 0 Å². The number of piperazine rings is 1. The predicted octanol–water partition coefficient (Wildman–Crippen LogP) is 6.96. The minimum Gasteiger partial charge on any atom is -0.355 e. The van der Waals surface area contributed by atoms with E-state index in [1.54, 1.807) is 6.07 Å². The van der Waals surface area contributed by atoms with E-state index in [0.29, 0.717) is 42.9 Å². The second-order valence-corrected chi connectivity index (χ2v) is 12.5. The summed E-state index contributed by atoms with van der Waals surface area (Å²) in [6.45, 7) is 6.89. The number of nitrogens with one attached hydrogen (secondary N) is 1. The molecule has 1 aromatic heterocycles. The zero-order valence-corrected chi connectivity index (χ0v) is 27.0. The fourth-order valence-corrected chi connectivity index (χ4v) is 6.52. The molecule has 43 heavy (non-hydrogen) atoms. The van der Waals surface area contributed by atoms with Crippen molar-refractivity contribution < 1.29 is 9.59 Å². The normalized spacial score (nSPS) is 15.1. The van der Waals surface area contributed by atoms with E-state index in [4.69, 9.17) is 16.6 Å². The van der Waals surface area contributed by atoms with Crippen molar-refractivity contribution in [3.05, 3.63) is 83.0 Å². The highest BCUT2D eigenvalue weighted by Crippen LogP contribution is 2.28. The van der Waals surface area contributed by atoms with Crippen LogP contribution in [-0.4, -0.2) is 64.7 Å². The Morgan fingerprint density at radius 1 is 0.977 bits per heavy atom. The quantitative estimate of drug-likeness (QED) is 0.0856. The number of nitrogens with zero attached hydrogens (tertiary/aromatic N) is 4. The van der Waals surface area contributed by atoms with E-state index < -0.39 is 0 Å². The van der Waals surface area contributed by atoms with Gasteiger partial charge in [0.05, 0.1) is 5.75 Å². The molecule has 1 aliphatic rings. The molecule has 3 aromatic rings. The van der Waals surface area contributed by atoms with Gasteiger partial charge in [0, 0.05) is 50.6 Å². The van der Waals surface area contributed by atoms with Crippen molar-refractivity contribution in [2.45, 2.75) is 75.9 Å². The zero-order chi connectivity index (χ0) is 30.4. The van der Waals surface area contributed by atoms with Crippen molar-refractivity contribution >= 4 is 41.0 Å². The van der Waals surface area contributed by atoms with E-state index in [1.807, 2.05) is 17.0 Å². The molecule has 0 saturated carbocycles. The highest BCUT2D eigenvalue weighted by atomic mass is 35.5. The summed E-state index contributed by atoms with van der Waals surface area (Å²) in [7, 11) is 0. The van der Waals surface area contributed by atoms with Crippen LogP contribution in [0.1, 0.15) is 75.8 Å². The first kappa shape index (κ1) is 32.8. The predicted molar refractivity (Wildman–Crippen MR) is 177 cm³/mol. The zero-order valence-electron chi connectivity index (χ0n) is 25.4. The first-order valence-electron chi connectivity index (χ1n) is 15.5. The van der Waals surface area contributed by atoms with Crippen LogP contribution in [0.2, 0.25) is 5.15 Å². The van der Waals surface area contributed by atoms with Crippen molar-refractivity contribution in [3.63, 3.8) is 0 Å². The largest absolute Gasteiger partial charge is 0.355 e. The minimum atomic E-state index is -0.0644. The number of unbranched alkanes of at least 4 members (excludes halogenated alkanes) is 4. The van der Waals surface area contributed by atoms with Crippen LogP contribution >= 0.6 is 23.4 Å². The summed E-state index contributed by atoms with van der Waals surface area (Å²) in [6.07, 6.45) is 7.14. The van der Waals surface area contributed by atoms with E-state index in [2.05, 4.69) is 77.6 Å². The van der Waals surface area contributed by atoms with Crippen LogP contribution in [0.15, 0.2) is 71.9 Å². The third-order valence-corrected chi connectivity index (χ3v) is 8.96. The molecule has 1 fully saturated rings. The summed E-state index contributed by atoms with van der Waals surface area (Å²) in [6, 6.07) is 22.6. The minimum absolute atomic E-state index is 0.0644. The lowest BCUT2D eigenvalue weighted by Crippen LogP contribution is -2.54. The van der Waals surface area contributed by atoms with Gasteiger partial charge in [-0.05, 0) is 30.9 Å². The monoisotopic (exact) mass is 621 g/mol. The number of carbonyl (C=O) groups excluding carboxylic acids is 2. The van der Waals surface area contributed by atoms with Gasteiger partial charge in [-0.15, -0.1) is 0 Å². The van der Waals surface area contributed by atoms with Crippen LogP contribution in [0.3, 0.4) is 0 Å². The molecule has 230 valence electrons. The number of halogens is 1. The highest BCUT2D eigenvalue weighted by molar-refractivity contribution is 7.99. The van der Waals surface area contributed by atoms with Crippen molar-refractivity contribution in [1.82, 2.24) is 20.2 Å². The third kappa shape index (κ3) is 10.2. The number of hydrogen-bond donors (Lipinski definition) is 1. The molecule has 0 unspecified atom stereocenters. The number of aromatic nitrogens is 2. The van der Waals surface area contributed by atoms with Gasteiger partial charge in [-0.25, -0.2) is 9.97 Å². The molecule has 1 saturated heterocycles. The Morgan fingerprint density at radius 3 is 2.30 bits per heavy atom. The number of benzene rings is 2. The first-order chi connectivity index (χ1) is 20.9. The highest BCUT2D eigenvalue weighted by Gasteiger charge is 2.28. The number of carbonyl (C=O) groups is 2. The smallest absolute Gasteiger partial charge is 0.230 e. The Labute approximate surface area is 265 Å². The fraction of sp³-hybridized carbons (Fsp3) is 0.471. The van der Waals surface area contributed by atoms with Gasteiger partial charge in [-0.3, -0.25) is 9.59 Å². The number of rotatable bonds is 15. The van der Waals surface area contributed by atoms with Gasteiger partial charge < -0.3 is 15.1 Å². The Hall–Kier alpha value is -3.10. The summed E-state index contributed by atoms with van der Waals surface area (Å²) in [5.41, 5.74) is 2.47. The lowest BCUT2D eigenvalue weighted by molar-refractivity contribution is -0.133. The fourth-order valence-electron chi connectivity index (χ4n) is 5.61. The van der Waals surface area contributed by atoms with Gasteiger partial charge in [0.1, 0.15) is 11.0 Å². The summed E-state index contributed by atoms with van der Waals surface area (Å²) >= 11 is 7.66. The van der Waals surface area contributed by atoms with Crippen LogP contribution < -0.4 is 10.2 Å². The molecule has 2 aromatic carbocycles. The molecule has 1 N–H and O–H groups in total. The molecular weight excluding hydrogens is 578 g/mol. The molecule has 4 rings (SSSR count). The van der Waals surface area contributed by atoms with Gasteiger partial charge >= 0.3 is 0 Å². The van der Waals surface area contributed by atoms with Gasteiger partial charge in [-0.1, -0.05) is 117 Å². The van der Waals surface area contributed by atoms with Gasteiger partial charge in [0.15, 0.2) is 5.16 Å². The Balaban J connectivity index is 1.25. The van der Waals surface area contributed by atoms with Crippen LogP contribution in [0.25, 0.3) is 0 Å². The Morgan fingerprint density at radius 2 is 1.65 bits per heavy atom. The van der Waals surface area contributed by atoms with Crippen molar-refractivity contribution in [1.29, 1.82) is 0 Å². The molecule has 2 heterocycles. The van der Waals surface area contributed by atoms with E-state index in [-0.39, 0.29) is 29.5 Å². The Kier molecular flexibility index (Phi) is 13.2. The van der Waals surface area contributed by atoms with Crippen molar-refractivity contribution in [2.75, 3.05) is 36.8 Å². The van der Waals surface area contributed by atoms with E-state index in [1.165, 1.54) is 42.2 Å². The summed E-state index contributed by atoms with van der Waals surface area (Å²) < 4.78 is 0. The standard InChI is InChI=1S/C34H44ClN5O2S/c1-3-4-5-6-13-18-33(42)40-22-21-39(24-26(40)2)31-23-30(35)37-34(38-31)43-25-32(41)36-20-19-29(27-14-9-7-10-15-27)28-16-11-8-12-17-28/h7-12,14-17,23,26,29H,3-6,13,18-22,24-25H2,1-2H3,(H,36,41)/t26-/m1/s1. The molecule has 0 spiro atoms. The second kappa shape index (κ2) is 17.3. The summed E-state index contributed by atoms with van der Waals surface area (Å²) in [4.78, 5) is 38.8. The van der Waals surface area contributed by atoms with Crippen LogP contribution in [0.4, 0.5) is 5.82 Å². The summed E-state index contributed by atoms with van der Waals surface area (Å²) in [5.74, 6) is 1.32. The van der Waals surface area contributed by atoms with Crippen LogP contribution in [-0.2, 0) is 9.59 Å². The van der Waals surface area contributed by atoms with E-state index >= 15 is 0 Å². The number of anilines is 1. The van der Waals surface area contributed by atoms with E-state index in [0.717, 1.165) is 25.1 Å². The summed E-state index contributed by atoms with van der Waals surface area (Å²) in [5, 5.41) is 3.89. The molecule has 7 nitrogen and oxygen atoms in total.